The number of furan rings is 2. The third-order valence-electron chi connectivity index (χ3n) is 13.3. The first-order chi connectivity index (χ1) is 34.2. The number of halogens is 3. The summed E-state index contributed by atoms with van der Waals surface area (Å²) in [6.45, 7) is 12.4. The highest BCUT2D eigenvalue weighted by Gasteiger charge is 2.21. The number of piperazine rings is 2. The van der Waals surface area contributed by atoms with Gasteiger partial charge in [0, 0.05) is 146 Å². The fourth-order valence-corrected chi connectivity index (χ4v) is 9.55. The second kappa shape index (κ2) is 25.9. The Kier molecular flexibility index (Phi) is 19.5. The van der Waals surface area contributed by atoms with Crippen LogP contribution in [0.3, 0.4) is 0 Å². The number of amides is 1. The minimum Gasteiger partial charge on any atom is -0.460 e. The van der Waals surface area contributed by atoms with Crippen molar-refractivity contribution in [1.29, 1.82) is 10.5 Å². The summed E-state index contributed by atoms with van der Waals surface area (Å²) < 4.78 is 16.2. The van der Waals surface area contributed by atoms with E-state index in [2.05, 4.69) is 110 Å². The Morgan fingerprint density at radius 3 is 1.52 bits per heavy atom. The van der Waals surface area contributed by atoms with Crippen molar-refractivity contribution in [2.75, 3.05) is 81.9 Å². The third kappa shape index (κ3) is 13.4. The first kappa shape index (κ1) is 53.5. The van der Waals surface area contributed by atoms with Crippen LogP contribution in [-0.2, 0) is 17.6 Å². The molecule has 0 aliphatic carbocycles. The number of nitrogens with two attached hydrogens (primary N) is 1. The van der Waals surface area contributed by atoms with Crippen LogP contribution in [0, 0.1) is 22.7 Å². The van der Waals surface area contributed by atoms with Crippen LogP contribution in [0.25, 0.3) is 43.7 Å². The topological polar surface area (TPSA) is 188 Å². The van der Waals surface area contributed by atoms with Crippen LogP contribution in [0.15, 0.2) is 106 Å². The van der Waals surface area contributed by atoms with Gasteiger partial charge in [-0.3, -0.25) is 14.6 Å². The molecule has 8 aromatic rings. The zero-order chi connectivity index (χ0) is 49.0. The van der Waals surface area contributed by atoms with Gasteiger partial charge in [-0.05, 0) is 155 Å². The largest absolute Gasteiger partial charge is 0.460 e. The summed E-state index contributed by atoms with van der Waals surface area (Å²) in [5.41, 5.74) is 15.2. The average molecular weight is 1290 g/mol. The number of nitrogens with one attached hydrogen (secondary N) is 2. The molecule has 0 spiro atoms. The van der Waals surface area contributed by atoms with E-state index < -0.39 is 11.9 Å². The molecule has 6 heterocycles. The molecule has 14 nitrogen and oxygen atoms in total. The van der Waals surface area contributed by atoms with Gasteiger partial charge in [0.15, 0.2) is 5.76 Å². The molecular formula is C54H58I3N9O5. The van der Waals surface area contributed by atoms with Gasteiger partial charge in [-0.15, -0.1) is 24.0 Å². The summed E-state index contributed by atoms with van der Waals surface area (Å²) in [6, 6.07) is 31.7. The van der Waals surface area contributed by atoms with Gasteiger partial charge in [-0.1, -0.05) is 0 Å². The Hall–Kier alpha value is -5.33. The number of hydrogen-bond donors (Lipinski definition) is 3. The summed E-state index contributed by atoms with van der Waals surface area (Å²) in [7, 11) is 0. The fourth-order valence-electron chi connectivity index (χ4n) is 9.55. The van der Waals surface area contributed by atoms with Gasteiger partial charge in [0.25, 0.3) is 5.91 Å². The molecule has 4 aromatic heterocycles. The Labute approximate surface area is 454 Å². The number of hydrogen-bond acceptors (Lipinski definition) is 11. The lowest BCUT2D eigenvalue weighted by Gasteiger charge is -2.36. The highest BCUT2D eigenvalue weighted by atomic mass is 128. The van der Waals surface area contributed by atoms with Crippen molar-refractivity contribution in [1.82, 2.24) is 19.8 Å². The molecule has 0 saturated carbocycles. The molecule has 0 bridgehead atoms. The number of unbranched alkanes of at least 4 members (excludes halogenated alkanes) is 2. The van der Waals surface area contributed by atoms with Gasteiger partial charge >= 0.3 is 5.97 Å². The van der Waals surface area contributed by atoms with Crippen LogP contribution in [0.1, 0.15) is 76.0 Å². The molecule has 0 unspecified atom stereocenters. The molecule has 2 aliphatic rings. The van der Waals surface area contributed by atoms with E-state index in [-0.39, 0.29) is 35.5 Å². The number of carbonyl (C=O) groups excluding carboxylic acids is 2. The van der Waals surface area contributed by atoms with Gasteiger partial charge in [-0.25, -0.2) is 4.79 Å². The van der Waals surface area contributed by atoms with Crippen LogP contribution < -0.4 is 15.5 Å². The van der Waals surface area contributed by atoms with Crippen molar-refractivity contribution in [2.24, 2.45) is 5.73 Å². The van der Waals surface area contributed by atoms with Crippen molar-refractivity contribution in [2.45, 2.75) is 45.4 Å². The Morgan fingerprint density at radius 1 is 0.634 bits per heavy atom. The van der Waals surface area contributed by atoms with Crippen LogP contribution in [0.5, 0.6) is 0 Å². The van der Waals surface area contributed by atoms with E-state index in [9.17, 15) is 14.9 Å². The highest BCUT2D eigenvalue weighted by Crippen LogP contribution is 2.29. The number of aryl methyl sites for hydroxylation is 2. The SMILES string of the molecule is CCOC(=O)c1cc2cc(N3CCN(CCCCc4c[nH]c5ccc(C#N)cc45)CC3)ccc2o1.I.II.N#Cc1ccc2[nH]cc(CCCCN3CCN(c4ccc5oc(C(N)=O)cc5c4)CC3)c2c1. The summed E-state index contributed by atoms with van der Waals surface area (Å²) in [5, 5.41) is 22.5. The van der Waals surface area contributed by atoms with Gasteiger partial charge in [0.2, 0.25) is 5.76 Å². The van der Waals surface area contributed by atoms with Gasteiger partial charge < -0.3 is 39.1 Å². The Morgan fingerprint density at radius 2 is 1.08 bits per heavy atom. The number of anilines is 2. The number of ether oxygens (including phenoxy) is 1. The number of carbonyl (C=O) groups is 2. The number of primary amides is 1. The maximum Gasteiger partial charge on any atom is 0.374 e. The molecule has 370 valence electrons. The monoisotopic (exact) mass is 1290 g/mol. The zero-order valence-corrected chi connectivity index (χ0v) is 46.4. The number of esters is 1. The first-order valence-corrected chi connectivity index (χ1v) is 30.2. The summed E-state index contributed by atoms with van der Waals surface area (Å²) in [4.78, 5) is 39.8. The van der Waals surface area contributed by atoms with E-state index in [1.807, 2.05) is 54.6 Å². The molecule has 4 aromatic carbocycles. The van der Waals surface area contributed by atoms with Gasteiger partial charge in [-0.2, -0.15) is 10.5 Å². The number of aromatic nitrogens is 2. The lowest BCUT2D eigenvalue weighted by molar-refractivity contribution is 0.0492. The smallest absolute Gasteiger partial charge is 0.374 e. The quantitative estimate of drug-likeness (QED) is 0.0503. The number of H-pyrrole nitrogens is 2. The van der Waals surface area contributed by atoms with Crippen molar-refractivity contribution >= 4 is 128 Å². The van der Waals surface area contributed by atoms with E-state index in [0.717, 1.165) is 137 Å². The second-order valence-corrected chi connectivity index (χ2v) is 17.7. The lowest BCUT2D eigenvalue weighted by Crippen LogP contribution is -2.46. The maximum atomic E-state index is 12.0. The summed E-state index contributed by atoms with van der Waals surface area (Å²) in [5.74, 6) is -0.513. The standard InChI is InChI=1S/C28H30N4O3.C26H27N5O2.I2.HI/c1-2-34-28(33)27-17-22-16-23(7-9-26(22)35-27)32-13-11-31(12-14-32)10-4-3-5-21-19-30-25-8-6-20(18-29)15-24(21)25;27-16-18-4-6-23-22(13-18)19(17-29-23)3-1-2-8-30-9-11-31(12-10-30)21-5-7-24-20(14-21)15-25(33-24)26(28)32;1-2;/h6-9,15-17,19,30H,2-5,10-14H2,1H3;4-7,13-15,17,29H,1-3,8-12H2,(H2,28,32);;1H. The molecule has 2 aliphatic heterocycles. The molecule has 1 amide bonds. The van der Waals surface area contributed by atoms with Crippen LogP contribution in [0.2, 0.25) is 0 Å². The lowest BCUT2D eigenvalue weighted by atomic mass is 10.1. The minimum atomic E-state index is -0.544. The van der Waals surface area contributed by atoms with Crippen LogP contribution in [-0.4, -0.2) is 104 Å². The molecule has 71 heavy (non-hydrogen) atoms. The third-order valence-corrected chi connectivity index (χ3v) is 13.3. The number of rotatable bonds is 15. The Bertz CT molecular complexity index is 3150. The maximum absolute atomic E-state index is 12.0. The summed E-state index contributed by atoms with van der Waals surface area (Å²) >= 11 is 4.24. The molecule has 0 atom stereocenters. The van der Waals surface area contributed by atoms with E-state index >= 15 is 0 Å². The molecule has 10 rings (SSSR count). The first-order valence-electron chi connectivity index (χ1n) is 23.9. The van der Waals surface area contributed by atoms with E-state index in [1.54, 1.807) is 19.1 Å². The molecule has 2 fully saturated rings. The number of nitriles is 2. The highest BCUT2D eigenvalue weighted by molar-refractivity contribution is 15.0. The zero-order valence-electron chi connectivity index (χ0n) is 39.7. The molecular weight excluding hydrogens is 1240 g/mol. The van der Waals surface area contributed by atoms with Gasteiger partial charge in [0.1, 0.15) is 11.2 Å². The number of aromatic amines is 2. The fraction of sp³-hybridized carbons (Fsp3) is 0.333. The van der Waals surface area contributed by atoms with E-state index in [1.165, 1.54) is 21.9 Å². The van der Waals surface area contributed by atoms with Crippen molar-refractivity contribution in [3.05, 3.63) is 131 Å². The van der Waals surface area contributed by atoms with Crippen molar-refractivity contribution < 1.29 is 23.2 Å². The summed E-state index contributed by atoms with van der Waals surface area (Å²) in [6.07, 6.45) is 10.8. The van der Waals surface area contributed by atoms with Crippen LogP contribution >= 0.6 is 61.2 Å². The number of benzene rings is 4. The Balaban J connectivity index is 0.000000199. The normalized spacial score (nSPS) is 14.0. The minimum absolute atomic E-state index is 0. The second-order valence-electron chi connectivity index (χ2n) is 17.7. The predicted octanol–water partition coefficient (Wildman–Crippen LogP) is 11.5. The molecule has 17 heteroatoms. The van der Waals surface area contributed by atoms with Crippen molar-refractivity contribution in [3.63, 3.8) is 0 Å². The van der Waals surface area contributed by atoms with E-state index in [0.29, 0.717) is 28.9 Å². The number of nitrogens with zero attached hydrogens (tertiary/aromatic N) is 6. The van der Waals surface area contributed by atoms with Crippen LogP contribution in [0.4, 0.5) is 11.4 Å². The molecule has 2 saturated heterocycles. The number of fused-ring (bicyclic) bond motifs is 4. The molecule has 4 N–H and O–H groups in total. The predicted molar refractivity (Wildman–Crippen MR) is 310 cm³/mol. The molecule has 0 radical (unpaired) electrons. The van der Waals surface area contributed by atoms with Crippen molar-refractivity contribution in [3.8, 4) is 12.1 Å². The van der Waals surface area contributed by atoms with Gasteiger partial charge in [0.05, 0.1) is 29.9 Å². The van der Waals surface area contributed by atoms with E-state index in [4.69, 9.17) is 24.6 Å². The average Bonchev–Trinajstić information content (AvgIpc) is 4.22.